The van der Waals surface area contributed by atoms with E-state index >= 15 is 0 Å². The van der Waals surface area contributed by atoms with Crippen molar-refractivity contribution >= 4 is 17.4 Å². The molecule has 2 N–H and O–H groups in total. The maximum atomic E-state index is 5.55. The predicted octanol–water partition coefficient (Wildman–Crippen LogP) is 2.01. The Kier molecular flexibility index (Phi) is 3.97. The summed E-state index contributed by atoms with van der Waals surface area (Å²) in [5.74, 6) is 0.987. The Morgan fingerprint density at radius 3 is 2.58 bits per heavy atom. The molecule has 0 aliphatic carbocycles. The highest BCUT2D eigenvalue weighted by molar-refractivity contribution is 7.99. The monoisotopic (exact) mass is 183 g/mol. The van der Waals surface area contributed by atoms with Gasteiger partial charge in [0.25, 0.3) is 0 Å². The average molecular weight is 183 g/mol. The van der Waals surface area contributed by atoms with E-state index in [0.717, 1.165) is 18.0 Å². The quantitative estimate of drug-likeness (QED) is 0.440. The van der Waals surface area contributed by atoms with Crippen molar-refractivity contribution in [3.63, 3.8) is 0 Å². The summed E-state index contributed by atoms with van der Waals surface area (Å²) < 4.78 is 4.94. The fourth-order valence-electron chi connectivity index (χ4n) is 0.807. The van der Waals surface area contributed by atoms with Crippen LogP contribution in [0.2, 0.25) is 0 Å². The Hall–Kier alpha value is -0.670. The Balaban J connectivity index is 2.37. The van der Waals surface area contributed by atoms with Gasteiger partial charge in [-0.05, 0) is 24.3 Å². The van der Waals surface area contributed by atoms with Crippen molar-refractivity contribution in [2.45, 2.75) is 4.90 Å². The van der Waals surface area contributed by atoms with Gasteiger partial charge < -0.3 is 10.5 Å². The van der Waals surface area contributed by atoms with E-state index in [1.54, 1.807) is 18.9 Å². The van der Waals surface area contributed by atoms with Gasteiger partial charge in [-0.2, -0.15) is 0 Å². The van der Waals surface area contributed by atoms with Crippen molar-refractivity contribution in [2.24, 2.45) is 0 Å². The zero-order valence-corrected chi connectivity index (χ0v) is 7.93. The largest absolute Gasteiger partial charge is 0.399 e. The third-order valence-electron chi connectivity index (χ3n) is 1.44. The number of anilines is 1. The average Bonchev–Trinajstić information content (AvgIpc) is 2.09. The minimum atomic E-state index is 0.787. The lowest BCUT2D eigenvalue weighted by molar-refractivity contribution is 0.218. The molecular formula is C9H13NOS. The molecule has 1 rings (SSSR count). The maximum Gasteiger partial charge on any atom is 0.0556 e. The van der Waals surface area contributed by atoms with Crippen LogP contribution in [-0.2, 0) is 4.74 Å². The van der Waals surface area contributed by atoms with Gasteiger partial charge in [0.15, 0.2) is 0 Å². The van der Waals surface area contributed by atoms with Gasteiger partial charge >= 0.3 is 0 Å². The smallest absolute Gasteiger partial charge is 0.0556 e. The number of rotatable bonds is 4. The molecule has 0 saturated heterocycles. The van der Waals surface area contributed by atoms with Crippen LogP contribution >= 0.6 is 11.8 Å². The van der Waals surface area contributed by atoms with Gasteiger partial charge in [0.2, 0.25) is 0 Å². The van der Waals surface area contributed by atoms with E-state index in [2.05, 4.69) is 0 Å². The summed E-state index contributed by atoms with van der Waals surface area (Å²) in [7, 11) is 1.71. The van der Waals surface area contributed by atoms with Crippen molar-refractivity contribution in [3.8, 4) is 0 Å². The molecule has 0 bridgehead atoms. The number of nitrogen functional groups attached to an aromatic ring is 1. The van der Waals surface area contributed by atoms with Crippen molar-refractivity contribution in [1.82, 2.24) is 0 Å². The number of ether oxygens (including phenoxy) is 1. The van der Waals surface area contributed by atoms with Crippen LogP contribution in [0, 0.1) is 0 Å². The van der Waals surface area contributed by atoms with Crippen LogP contribution in [0.3, 0.4) is 0 Å². The van der Waals surface area contributed by atoms with Crippen LogP contribution in [0.15, 0.2) is 29.2 Å². The molecule has 0 amide bonds. The molecule has 0 aromatic heterocycles. The van der Waals surface area contributed by atoms with Crippen LogP contribution < -0.4 is 5.73 Å². The maximum absolute atomic E-state index is 5.55. The normalized spacial score (nSPS) is 10.1. The fourth-order valence-corrected chi connectivity index (χ4v) is 1.62. The van der Waals surface area contributed by atoms with Crippen LogP contribution in [0.5, 0.6) is 0 Å². The number of hydrogen-bond acceptors (Lipinski definition) is 3. The third-order valence-corrected chi connectivity index (χ3v) is 2.41. The molecule has 3 heteroatoms. The van der Waals surface area contributed by atoms with E-state index in [-0.39, 0.29) is 0 Å². The molecule has 0 heterocycles. The fraction of sp³-hybridized carbons (Fsp3) is 0.333. The first-order chi connectivity index (χ1) is 5.83. The second-order valence-corrected chi connectivity index (χ2v) is 3.58. The second kappa shape index (κ2) is 5.06. The molecule has 0 fully saturated rings. The molecule has 0 spiro atoms. The van der Waals surface area contributed by atoms with Crippen molar-refractivity contribution < 1.29 is 4.74 Å². The number of hydrogen-bond donors (Lipinski definition) is 1. The highest BCUT2D eigenvalue weighted by atomic mass is 32.2. The Labute approximate surface area is 77.1 Å². The third kappa shape index (κ3) is 3.15. The number of thioether (sulfide) groups is 1. The summed E-state index contributed by atoms with van der Waals surface area (Å²) in [6.45, 7) is 0.787. The SMILES string of the molecule is COCCSc1ccc(N)cc1. The molecule has 0 atom stereocenters. The lowest BCUT2D eigenvalue weighted by Crippen LogP contribution is -1.91. The summed E-state index contributed by atoms with van der Waals surface area (Å²) in [6, 6.07) is 7.87. The van der Waals surface area contributed by atoms with Crippen LogP contribution in [0.1, 0.15) is 0 Å². The van der Waals surface area contributed by atoms with Crippen LogP contribution in [-0.4, -0.2) is 19.5 Å². The molecule has 0 radical (unpaired) electrons. The van der Waals surface area contributed by atoms with E-state index in [9.17, 15) is 0 Å². The molecule has 2 nitrogen and oxygen atoms in total. The van der Waals surface area contributed by atoms with E-state index in [1.165, 1.54) is 4.90 Å². The second-order valence-electron chi connectivity index (χ2n) is 2.41. The van der Waals surface area contributed by atoms with Crippen molar-refractivity contribution in [3.05, 3.63) is 24.3 Å². The highest BCUT2D eigenvalue weighted by Gasteiger charge is 1.92. The molecule has 1 aromatic carbocycles. The van der Waals surface area contributed by atoms with Gasteiger partial charge in [-0.3, -0.25) is 0 Å². The van der Waals surface area contributed by atoms with Crippen molar-refractivity contribution in [1.29, 1.82) is 0 Å². The van der Waals surface area contributed by atoms with E-state index in [4.69, 9.17) is 10.5 Å². The molecular weight excluding hydrogens is 170 g/mol. The van der Waals surface area contributed by atoms with E-state index in [0.29, 0.717) is 0 Å². The zero-order chi connectivity index (χ0) is 8.81. The number of benzene rings is 1. The Morgan fingerprint density at radius 1 is 1.33 bits per heavy atom. The minimum Gasteiger partial charge on any atom is -0.399 e. The van der Waals surface area contributed by atoms with Gasteiger partial charge in [-0.25, -0.2) is 0 Å². The van der Waals surface area contributed by atoms with Gasteiger partial charge in [-0.15, -0.1) is 11.8 Å². The standard InChI is InChI=1S/C9H13NOS/c1-11-6-7-12-9-4-2-8(10)3-5-9/h2-5H,6-7,10H2,1H3. The van der Waals surface area contributed by atoms with Crippen LogP contribution in [0.4, 0.5) is 5.69 Å². The summed E-state index contributed by atoms with van der Waals surface area (Å²) in [4.78, 5) is 1.24. The van der Waals surface area contributed by atoms with E-state index in [1.807, 2.05) is 24.3 Å². The lowest BCUT2D eigenvalue weighted by atomic mass is 10.3. The Bertz CT molecular complexity index is 222. The first kappa shape index (κ1) is 9.42. The van der Waals surface area contributed by atoms with Gasteiger partial charge in [-0.1, -0.05) is 0 Å². The Morgan fingerprint density at radius 2 is 2.00 bits per heavy atom. The van der Waals surface area contributed by atoms with Gasteiger partial charge in [0, 0.05) is 23.4 Å². The molecule has 0 saturated carbocycles. The van der Waals surface area contributed by atoms with Gasteiger partial charge in [0.1, 0.15) is 0 Å². The topological polar surface area (TPSA) is 35.2 Å². The van der Waals surface area contributed by atoms with Crippen LogP contribution in [0.25, 0.3) is 0 Å². The molecule has 12 heavy (non-hydrogen) atoms. The summed E-state index contributed by atoms with van der Waals surface area (Å²) in [6.07, 6.45) is 0. The molecule has 0 aliphatic heterocycles. The lowest BCUT2D eigenvalue weighted by Gasteiger charge is -2.00. The zero-order valence-electron chi connectivity index (χ0n) is 7.12. The molecule has 0 aliphatic rings. The molecule has 0 unspecified atom stereocenters. The predicted molar refractivity (Wildman–Crippen MR) is 53.5 cm³/mol. The first-order valence-electron chi connectivity index (χ1n) is 3.80. The number of methoxy groups -OCH3 is 1. The van der Waals surface area contributed by atoms with Gasteiger partial charge in [0.05, 0.1) is 6.61 Å². The van der Waals surface area contributed by atoms with Crippen molar-refractivity contribution in [2.75, 3.05) is 25.2 Å². The highest BCUT2D eigenvalue weighted by Crippen LogP contribution is 2.18. The molecule has 66 valence electrons. The van der Waals surface area contributed by atoms with E-state index < -0.39 is 0 Å². The minimum absolute atomic E-state index is 0.787. The summed E-state index contributed by atoms with van der Waals surface area (Å²) in [5.41, 5.74) is 6.36. The first-order valence-corrected chi connectivity index (χ1v) is 4.79. The summed E-state index contributed by atoms with van der Waals surface area (Å²) >= 11 is 1.77. The number of nitrogens with two attached hydrogens (primary N) is 1. The molecule has 1 aromatic rings. The summed E-state index contributed by atoms with van der Waals surface area (Å²) in [5, 5.41) is 0.